The Morgan fingerprint density at radius 1 is 1.35 bits per heavy atom. The van der Waals surface area contributed by atoms with E-state index in [1.807, 2.05) is 25.1 Å². The SMILES string of the molecule is C/C=C/c1nc(Cc2cccc(OC)n2)no1. The van der Waals surface area contributed by atoms with Gasteiger partial charge < -0.3 is 9.26 Å². The van der Waals surface area contributed by atoms with Crippen molar-refractivity contribution in [3.8, 4) is 5.88 Å². The summed E-state index contributed by atoms with van der Waals surface area (Å²) in [5.74, 6) is 1.70. The Morgan fingerprint density at radius 3 is 3.00 bits per heavy atom. The zero-order valence-electron chi connectivity index (χ0n) is 9.75. The molecule has 2 aromatic heterocycles. The molecule has 2 heterocycles. The van der Waals surface area contributed by atoms with E-state index in [4.69, 9.17) is 9.26 Å². The fourth-order valence-corrected chi connectivity index (χ4v) is 1.38. The van der Waals surface area contributed by atoms with Crippen LogP contribution in [0.2, 0.25) is 0 Å². The minimum atomic E-state index is 0.505. The predicted octanol–water partition coefficient (Wildman–Crippen LogP) is 2.10. The Balaban J connectivity index is 2.13. The molecule has 2 aromatic rings. The summed E-state index contributed by atoms with van der Waals surface area (Å²) < 4.78 is 10.1. The summed E-state index contributed by atoms with van der Waals surface area (Å²) in [6, 6.07) is 5.58. The van der Waals surface area contributed by atoms with Gasteiger partial charge in [-0.3, -0.25) is 0 Å². The largest absolute Gasteiger partial charge is 0.481 e. The van der Waals surface area contributed by atoms with Gasteiger partial charge in [-0.2, -0.15) is 4.98 Å². The van der Waals surface area contributed by atoms with E-state index in [2.05, 4.69) is 15.1 Å². The zero-order chi connectivity index (χ0) is 12.1. The van der Waals surface area contributed by atoms with E-state index in [0.717, 1.165) is 5.69 Å². The first-order chi connectivity index (χ1) is 8.31. The number of ether oxygens (including phenoxy) is 1. The standard InChI is InChI=1S/C12H13N3O2/c1-3-5-12-14-10(15-17-12)8-9-6-4-7-11(13-9)16-2/h3-7H,8H2,1-2H3/b5-3+. The molecular weight excluding hydrogens is 218 g/mol. The van der Waals surface area contributed by atoms with Crippen molar-refractivity contribution in [2.75, 3.05) is 7.11 Å². The van der Waals surface area contributed by atoms with E-state index in [1.54, 1.807) is 19.3 Å². The van der Waals surface area contributed by atoms with Crippen LogP contribution in [-0.4, -0.2) is 22.2 Å². The zero-order valence-corrected chi connectivity index (χ0v) is 9.75. The molecule has 88 valence electrons. The molecule has 0 bridgehead atoms. The fraction of sp³-hybridized carbons (Fsp3) is 0.250. The van der Waals surface area contributed by atoms with E-state index in [-0.39, 0.29) is 0 Å². The lowest BCUT2D eigenvalue weighted by atomic mass is 10.2. The highest BCUT2D eigenvalue weighted by Gasteiger charge is 2.06. The Morgan fingerprint density at radius 2 is 2.24 bits per heavy atom. The molecule has 0 saturated carbocycles. The van der Waals surface area contributed by atoms with Gasteiger partial charge in [-0.25, -0.2) is 4.98 Å². The number of hydrogen-bond acceptors (Lipinski definition) is 5. The maximum atomic E-state index is 5.05. The minimum Gasteiger partial charge on any atom is -0.481 e. The lowest BCUT2D eigenvalue weighted by molar-refractivity contribution is 0.395. The second-order valence-electron chi connectivity index (χ2n) is 3.40. The number of aromatic nitrogens is 3. The van der Waals surface area contributed by atoms with E-state index >= 15 is 0 Å². The van der Waals surface area contributed by atoms with Crippen LogP contribution in [0, 0.1) is 0 Å². The first kappa shape index (κ1) is 11.3. The second-order valence-corrected chi connectivity index (χ2v) is 3.40. The summed E-state index contributed by atoms with van der Waals surface area (Å²) in [4.78, 5) is 8.49. The van der Waals surface area contributed by atoms with Gasteiger partial charge in [0.1, 0.15) is 0 Å². The van der Waals surface area contributed by atoms with Crippen molar-refractivity contribution in [1.29, 1.82) is 0 Å². The Labute approximate surface area is 99.1 Å². The maximum Gasteiger partial charge on any atom is 0.250 e. The number of rotatable bonds is 4. The van der Waals surface area contributed by atoms with E-state index in [0.29, 0.717) is 24.0 Å². The number of nitrogens with zero attached hydrogens (tertiary/aromatic N) is 3. The molecule has 0 atom stereocenters. The van der Waals surface area contributed by atoms with Crippen LogP contribution in [0.15, 0.2) is 28.8 Å². The van der Waals surface area contributed by atoms with Crippen molar-refractivity contribution >= 4 is 6.08 Å². The molecule has 0 fully saturated rings. The highest BCUT2D eigenvalue weighted by atomic mass is 16.5. The summed E-state index contributed by atoms with van der Waals surface area (Å²) in [7, 11) is 1.59. The molecule has 0 saturated heterocycles. The van der Waals surface area contributed by atoms with E-state index in [9.17, 15) is 0 Å². The third-order valence-corrected chi connectivity index (χ3v) is 2.12. The molecule has 0 amide bonds. The van der Waals surface area contributed by atoms with Crippen molar-refractivity contribution in [3.63, 3.8) is 0 Å². The normalized spacial score (nSPS) is 10.9. The van der Waals surface area contributed by atoms with Gasteiger partial charge in [-0.1, -0.05) is 17.3 Å². The van der Waals surface area contributed by atoms with Gasteiger partial charge in [0.15, 0.2) is 5.82 Å². The van der Waals surface area contributed by atoms with Gasteiger partial charge in [0, 0.05) is 6.07 Å². The lowest BCUT2D eigenvalue weighted by Gasteiger charge is -2.00. The fourth-order valence-electron chi connectivity index (χ4n) is 1.38. The average Bonchev–Trinajstić information content (AvgIpc) is 2.77. The molecule has 5 heteroatoms. The Bertz CT molecular complexity index is 520. The summed E-state index contributed by atoms with van der Waals surface area (Å²) in [5.41, 5.74) is 0.845. The molecule has 0 aliphatic heterocycles. The summed E-state index contributed by atoms with van der Waals surface area (Å²) in [5, 5.41) is 3.87. The van der Waals surface area contributed by atoms with Gasteiger partial charge in [0.2, 0.25) is 11.8 Å². The van der Waals surface area contributed by atoms with Crippen LogP contribution in [-0.2, 0) is 6.42 Å². The maximum absolute atomic E-state index is 5.05. The monoisotopic (exact) mass is 231 g/mol. The number of methoxy groups -OCH3 is 1. The van der Waals surface area contributed by atoms with Gasteiger partial charge in [0.05, 0.1) is 19.2 Å². The van der Waals surface area contributed by atoms with Crippen molar-refractivity contribution in [1.82, 2.24) is 15.1 Å². The Kier molecular flexibility index (Phi) is 3.49. The van der Waals surface area contributed by atoms with Crippen LogP contribution < -0.4 is 4.74 Å². The molecule has 0 radical (unpaired) electrons. The second kappa shape index (κ2) is 5.25. The quantitative estimate of drug-likeness (QED) is 0.806. The first-order valence-corrected chi connectivity index (χ1v) is 5.27. The summed E-state index contributed by atoms with van der Waals surface area (Å²) in [6.45, 7) is 1.90. The molecule has 0 aromatic carbocycles. The van der Waals surface area contributed by atoms with Crippen LogP contribution in [0.3, 0.4) is 0 Å². The van der Waals surface area contributed by atoms with E-state index < -0.39 is 0 Å². The van der Waals surface area contributed by atoms with Crippen LogP contribution in [0.1, 0.15) is 24.3 Å². The molecule has 0 N–H and O–H groups in total. The molecule has 17 heavy (non-hydrogen) atoms. The van der Waals surface area contributed by atoms with Gasteiger partial charge >= 0.3 is 0 Å². The third kappa shape index (κ3) is 2.90. The lowest BCUT2D eigenvalue weighted by Crippen LogP contribution is -1.96. The summed E-state index contributed by atoms with van der Waals surface area (Å²) in [6.07, 6.45) is 4.13. The Hall–Kier alpha value is -2.17. The van der Waals surface area contributed by atoms with Gasteiger partial charge in [-0.05, 0) is 19.1 Å². The first-order valence-electron chi connectivity index (χ1n) is 5.27. The van der Waals surface area contributed by atoms with Gasteiger partial charge in [-0.15, -0.1) is 0 Å². The smallest absolute Gasteiger partial charge is 0.250 e. The minimum absolute atomic E-state index is 0.505. The van der Waals surface area contributed by atoms with Crippen LogP contribution in [0.25, 0.3) is 6.08 Å². The molecular formula is C12H13N3O2. The molecule has 0 spiro atoms. The number of pyridine rings is 1. The van der Waals surface area contributed by atoms with Crippen LogP contribution >= 0.6 is 0 Å². The number of hydrogen-bond donors (Lipinski definition) is 0. The van der Waals surface area contributed by atoms with Crippen LogP contribution in [0.5, 0.6) is 5.88 Å². The van der Waals surface area contributed by atoms with Crippen molar-refractivity contribution in [2.45, 2.75) is 13.3 Å². The van der Waals surface area contributed by atoms with Gasteiger partial charge in [0.25, 0.3) is 0 Å². The van der Waals surface area contributed by atoms with Crippen molar-refractivity contribution in [3.05, 3.63) is 41.7 Å². The third-order valence-electron chi connectivity index (χ3n) is 2.12. The topological polar surface area (TPSA) is 61.0 Å². The summed E-state index contributed by atoms with van der Waals surface area (Å²) >= 11 is 0. The molecule has 5 nitrogen and oxygen atoms in total. The molecule has 0 aliphatic carbocycles. The molecule has 0 unspecified atom stereocenters. The highest BCUT2D eigenvalue weighted by Crippen LogP contribution is 2.10. The van der Waals surface area contributed by atoms with E-state index in [1.165, 1.54) is 0 Å². The molecule has 2 rings (SSSR count). The van der Waals surface area contributed by atoms with Crippen LogP contribution in [0.4, 0.5) is 0 Å². The number of allylic oxidation sites excluding steroid dienone is 1. The predicted molar refractivity (Wildman–Crippen MR) is 62.6 cm³/mol. The molecule has 0 aliphatic rings. The average molecular weight is 231 g/mol. The van der Waals surface area contributed by atoms with Crippen molar-refractivity contribution < 1.29 is 9.26 Å². The highest BCUT2D eigenvalue weighted by molar-refractivity contribution is 5.36. The van der Waals surface area contributed by atoms with Crippen molar-refractivity contribution in [2.24, 2.45) is 0 Å².